The number of nitrogens with zero attached hydrogens (tertiary/aromatic N) is 3. The molecule has 7 nitrogen and oxygen atoms in total. The quantitative estimate of drug-likeness (QED) is 0.658. The average Bonchev–Trinajstić information content (AvgIpc) is 2.39. The fraction of sp³-hybridized carbons (Fsp3) is 0.500. The zero-order valence-corrected chi connectivity index (χ0v) is 11.0. The molecule has 0 aliphatic rings. The Bertz CT molecular complexity index is 498. The van der Waals surface area contributed by atoms with E-state index in [0.29, 0.717) is 6.54 Å². The van der Waals surface area contributed by atoms with Gasteiger partial charge in [-0.05, 0) is 19.9 Å². The van der Waals surface area contributed by atoms with Crippen LogP contribution in [0.2, 0.25) is 0 Å². The third-order valence-electron chi connectivity index (χ3n) is 2.45. The summed E-state index contributed by atoms with van der Waals surface area (Å²) >= 11 is 0. The zero-order chi connectivity index (χ0) is 14.3. The maximum atomic E-state index is 12.0. The second-order valence-corrected chi connectivity index (χ2v) is 3.74. The van der Waals surface area contributed by atoms with Crippen LogP contribution in [0.25, 0.3) is 0 Å². The van der Waals surface area contributed by atoms with Gasteiger partial charge in [0.1, 0.15) is 13.1 Å². The van der Waals surface area contributed by atoms with Crippen molar-refractivity contribution in [2.75, 3.05) is 19.7 Å². The first-order chi connectivity index (χ1) is 9.08. The molecule has 0 saturated carbocycles. The second kappa shape index (κ2) is 7.30. The van der Waals surface area contributed by atoms with Crippen molar-refractivity contribution < 1.29 is 14.3 Å². The third kappa shape index (κ3) is 4.53. The average molecular weight is 267 g/mol. The van der Waals surface area contributed by atoms with E-state index in [4.69, 9.17) is 4.74 Å². The lowest BCUT2D eigenvalue weighted by molar-refractivity contribution is -0.149. The molecule has 0 saturated heterocycles. The van der Waals surface area contributed by atoms with Crippen molar-refractivity contribution in [1.82, 2.24) is 14.5 Å². The predicted octanol–water partition coefficient (Wildman–Crippen LogP) is -0.345. The summed E-state index contributed by atoms with van der Waals surface area (Å²) in [6.07, 6.45) is 2.84. The number of amides is 1. The van der Waals surface area contributed by atoms with E-state index < -0.39 is 11.7 Å². The molecule has 7 heteroatoms. The maximum absolute atomic E-state index is 12.0. The van der Waals surface area contributed by atoms with Crippen LogP contribution < -0.4 is 5.69 Å². The molecule has 0 N–H and O–H groups in total. The Labute approximate surface area is 110 Å². The van der Waals surface area contributed by atoms with Crippen molar-refractivity contribution in [3.63, 3.8) is 0 Å². The molecule has 1 rings (SSSR count). The Hall–Kier alpha value is -2.18. The summed E-state index contributed by atoms with van der Waals surface area (Å²) in [4.78, 5) is 39.6. The lowest BCUT2D eigenvalue weighted by atomic mass is 10.4. The van der Waals surface area contributed by atoms with Crippen molar-refractivity contribution in [1.29, 1.82) is 0 Å². The minimum atomic E-state index is -0.497. The van der Waals surface area contributed by atoms with Crippen LogP contribution in [0, 0.1) is 0 Å². The van der Waals surface area contributed by atoms with Crippen molar-refractivity contribution >= 4 is 11.9 Å². The predicted molar refractivity (Wildman–Crippen MR) is 67.4 cm³/mol. The van der Waals surface area contributed by atoms with Gasteiger partial charge in [-0.3, -0.25) is 14.2 Å². The first kappa shape index (κ1) is 14.9. The molecule has 0 aliphatic heterocycles. The molecule has 1 aromatic rings. The molecule has 0 bridgehead atoms. The van der Waals surface area contributed by atoms with Crippen molar-refractivity contribution in [2.24, 2.45) is 0 Å². The van der Waals surface area contributed by atoms with Gasteiger partial charge in [0, 0.05) is 18.9 Å². The summed E-state index contributed by atoms with van der Waals surface area (Å²) in [6.45, 7) is 3.84. The molecule has 0 aromatic carbocycles. The number of hydrogen-bond acceptors (Lipinski definition) is 5. The number of likely N-dealkylation sites (N-methyl/N-ethyl adjacent to an activating group) is 1. The molecule has 0 aliphatic carbocycles. The molecule has 0 radical (unpaired) electrons. The van der Waals surface area contributed by atoms with Crippen LogP contribution in [0.3, 0.4) is 0 Å². The Kier molecular flexibility index (Phi) is 5.72. The van der Waals surface area contributed by atoms with E-state index in [9.17, 15) is 14.4 Å². The molecule has 104 valence electrons. The molecule has 0 atom stereocenters. The Balaban J connectivity index is 2.67. The lowest BCUT2D eigenvalue weighted by Gasteiger charge is -2.19. The normalized spacial score (nSPS) is 10.0. The van der Waals surface area contributed by atoms with Crippen LogP contribution >= 0.6 is 0 Å². The van der Waals surface area contributed by atoms with Gasteiger partial charge >= 0.3 is 11.7 Å². The minimum absolute atomic E-state index is 0.113. The van der Waals surface area contributed by atoms with Gasteiger partial charge in [0.2, 0.25) is 5.91 Å². The van der Waals surface area contributed by atoms with Crippen molar-refractivity contribution in [2.45, 2.75) is 20.4 Å². The van der Waals surface area contributed by atoms with Crippen LogP contribution in [0.4, 0.5) is 0 Å². The van der Waals surface area contributed by atoms with Crippen molar-refractivity contribution in [3.05, 3.63) is 28.9 Å². The second-order valence-electron chi connectivity index (χ2n) is 3.74. The molecule has 19 heavy (non-hydrogen) atoms. The zero-order valence-electron chi connectivity index (χ0n) is 11.0. The van der Waals surface area contributed by atoms with Gasteiger partial charge in [0.15, 0.2) is 0 Å². The molecule has 0 spiro atoms. The molecular formula is C12H17N3O4. The minimum Gasteiger partial charge on any atom is -0.465 e. The highest BCUT2D eigenvalue weighted by molar-refractivity contribution is 5.81. The molecule has 0 unspecified atom stereocenters. The van der Waals surface area contributed by atoms with Crippen LogP contribution in [0.1, 0.15) is 13.8 Å². The van der Waals surface area contributed by atoms with Gasteiger partial charge in [-0.25, -0.2) is 9.78 Å². The van der Waals surface area contributed by atoms with Gasteiger partial charge in [0.05, 0.1) is 6.61 Å². The topological polar surface area (TPSA) is 81.5 Å². The molecule has 1 heterocycles. The number of carbonyl (C=O) groups is 2. The summed E-state index contributed by atoms with van der Waals surface area (Å²) in [7, 11) is 0. The number of rotatable bonds is 6. The highest BCUT2D eigenvalue weighted by atomic mass is 16.5. The summed E-state index contributed by atoms with van der Waals surface area (Å²) < 4.78 is 5.98. The van der Waals surface area contributed by atoms with E-state index >= 15 is 0 Å². The lowest BCUT2D eigenvalue weighted by Crippen LogP contribution is -2.40. The van der Waals surface area contributed by atoms with E-state index in [-0.39, 0.29) is 25.6 Å². The van der Waals surface area contributed by atoms with Gasteiger partial charge in [-0.15, -0.1) is 0 Å². The number of aromatic nitrogens is 2. The van der Waals surface area contributed by atoms with E-state index in [2.05, 4.69) is 4.98 Å². The van der Waals surface area contributed by atoms with Gasteiger partial charge in [-0.1, -0.05) is 0 Å². The molecule has 1 amide bonds. The van der Waals surface area contributed by atoms with Crippen molar-refractivity contribution in [3.8, 4) is 0 Å². The number of ether oxygens (including phenoxy) is 1. The van der Waals surface area contributed by atoms with Crippen LogP contribution in [0.15, 0.2) is 23.3 Å². The van der Waals surface area contributed by atoms with Gasteiger partial charge in [-0.2, -0.15) is 0 Å². The number of esters is 1. The number of hydrogen-bond donors (Lipinski definition) is 0. The monoisotopic (exact) mass is 267 g/mol. The summed E-state index contributed by atoms with van der Waals surface area (Å²) in [5.41, 5.74) is -0.497. The standard InChI is InChI=1S/C12H17N3O4/c1-3-14(9-11(17)19-4-2)10(16)8-15-7-5-6-13-12(15)18/h5-7H,3-4,8-9H2,1-2H3. The van der Waals surface area contributed by atoms with E-state index in [0.717, 1.165) is 0 Å². The molecular weight excluding hydrogens is 250 g/mol. The summed E-state index contributed by atoms with van der Waals surface area (Å²) in [6, 6.07) is 1.57. The third-order valence-corrected chi connectivity index (χ3v) is 2.45. The van der Waals surface area contributed by atoms with Gasteiger partial charge < -0.3 is 9.64 Å². The molecule has 0 fully saturated rings. The van der Waals surface area contributed by atoms with E-state index in [1.807, 2.05) is 0 Å². The smallest absolute Gasteiger partial charge is 0.347 e. The van der Waals surface area contributed by atoms with E-state index in [1.54, 1.807) is 19.9 Å². The van der Waals surface area contributed by atoms with E-state index in [1.165, 1.54) is 21.9 Å². The summed E-state index contributed by atoms with van der Waals surface area (Å²) in [5.74, 6) is -0.790. The Morgan fingerprint density at radius 3 is 2.74 bits per heavy atom. The van der Waals surface area contributed by atoms with Crippen LogP contribution in [0.5, 0.6) is 0 Å². The fourth-order valence-electron chi connectivity index (χ4n) is 1.49. The first-order valence-electron chi connectivity index (χ1n) is 6.03. The Morgan fingerprint density at radius 2 is 2.16 bits per heavy atom. The number of carbonyl (C=O) groups excluding carboxylic acids is 2. The van der Waals surface area contributed by atoms with Gasteiger partial charge in [0.25, 0.3) is 0 Å². The fourth-order valence-corrected chi connectivity index (χ4v) is 1.49. The SMILES string of the molecule is CCOC(=O)CN(CC)C(=O)Cn1cccnc1=O. The van der Waals surface area contributed by atoms with Crippen LogP contribution in [-0.4, -0.2) is 46.0 Å². The Morgan fingerprint density at radius 1 is 1.42 bits per heavy atom. The molecule has 1 aromatic heterocycles. The highest BCUT2D eigenvalue weighted by Gasteiger charge is 2.16. The van der Waals surface area contributed by atoms with Crippen LogP contribution in [-0.2, 0) is 20.9 Å². The largest absolute Gasteiger partial charge is 0.465 e. The maximum Gasteiger partial charge on any atom is 0.347 e. The summed E-state index contributed by atoms with van der Waals surface area (Å²) in [5, 5.41) is 0. The first-order valence-corrected chi connectivity index (χ1v) is 6.03. The highest BCUT2D eigenvalue weighted by Crippen LogP contribution is 1.94.